The van der Waals surface area contributed by atoms with E-state index in [-0.39, 0.29) is 12.1 Å². The fourth-order valence-corrected chi connectivity index (χ4v) is 2.53. The zero-order valence-electron chi connectivity index (χ0n) is 14.5. The molecule has 0 aromatic carbocycles. The van der Waals surface area contributed by atoms with Crippen LogP contribution in [0.4, 0.5) is 10.7 Å². The summed E-state index contributed by atoms with van der Waals surface area (Å²) in [6.45, 7) is 12.0. The highest BCUT2D eigenvalue weighted by atomic mass is 16.6. The van der Waals surface area contributed by atoms with E-state index < -0.39 is 5.60 Å². The average molecular weight is 321 g/mol. The normalized spacial score (nSPS) is 17.7. The molecule has 1 N–H and O–H groups in total. The van der Waals surface area contributed by atoms with Crippen LogP contribution in [0.3, 0.4) is 0 Å². The molecular weight excluding hydrogens is 294 g/mol. The van der Waals surface area contributed by atoms with E-state index in [9.17, 15) is 4.79 Å². The fraction of sp³-hybridized carbons (Fsp3) is 0.688. The van der Waals surface area contributed by atoms with Crippen LogP contribution in [0.15, 0.2) is 18.5 Å². The summed E-state index contributed by atoms with van der Waals surface area (Å²) in [5.41, 5.74) is -0.467. The van der Waals surface area contributed by atoms with Crippen molar-refractivity contribution in [1.29, 1.82) is 0 Å². The third-order valence-electron chi connectivity index (χ3n) is 3.50. The first-order valence-electron chi connectivity index (χ1n) is 8.07. The Morgan fingerprint density at radius 2 is 1.87 bits per heavy atom. The van der Waals surface area contributed by atoms with Crippen LogP contribution in [0, 0.1) is 0 Å². The summed E-state index contributed by atoms with van der Waals surface area (Å²) in [5, 5.41) is 2.89. The van der Waals surface area contributed by atoms with Crippen molar-refractivity contribution in [3.63, 3.8) is 0 Å². The standard InChI is InChI=1S/C16H27N5O2/c1-13(19-15(22)23-16(2,3)4)12-20-8-10-21(11-9-20)14-17-6-5-7-18-14/h5-7,13H,8-12H2,1-4H3,(H,19,22)/t13-/m0/s1. The van der Waals surface area contributed by atoms with Crippen LogP contribution >= 0.6 is 0 Å². The molecule has 23 heavy (non-hydrogen) atoms. The molecule has 128 valence electrons. The predicted octanol–water partition coefficient (Wildman–Crippen LogP) is 1.51. The topological polar surface area (TPSA) is 70.6 Å². The summed E-state index contributed by atoms with van der Waals surface area (Å²) >= 11 is 0. The first-order chi connectivity index (χ1) is 10.8. The van der Waals surface area contributed by atoms with Crippen LogP contribution in [0.2, 0.25) is 0 Å². The molecule has 0 radical (unpaired) electrons. The van der Waals surface area contributed by atoms with Gasteiger partial charge in [0.2, 0.25) is 5.95 Å². The van der Waals surface area contributed by atoms with Crippen LogP contribution in [0.25, 0.3) is 0 Å². The molecule has 7 nitrogen and oxygen atoms in total. The van der Waals surface area contributed by atoms with Gasteiger partial charge in [-0.25, -0.2) is 14.8 Å². The van der Waals surface area contributed by atoms with Crippen LogP contribution in [0.1, 0.15) is 27.7 Å². The Morgan fingerprint density at radius 3 is 2.43 bits per heavy atom. The van der Waals surface area contributed by atoms with E-state index in [1.54, 1.807) is 12.4 Å². The Labute approximate surface area is 138 Å². The summed E-state index contributed by atoms with van der Waals surface area (Å²) < 4.78 is 5.28. The van der Waals surface area contributed by atoms with Gasteiger partial charge in [-0.05, 0) is 33.8 Å². The molecule has 2 heterocycles. The van der Waals surface area contributed by atoms with Crippen LogP contribution < -0.4 is 10.2 Å². The Kier molecular flexibility index (Phi) is 5.76. The number of alkyl carbamates (subject to hydrolysis) is 1. The van der Waals surface area contributed by atoms with E-state index in [4.69, 9.17) is 4.74 Å². The number of carbonyl (C=O) groups is 1. The number of nitrogens with zero attached hydrogens (tertiary/aromatic N) is 4. The predicted molar refractivity (Wildman–Crippen MR) is 89.5 cm³/mol. The molecule has 0 saturated carbocycles. The number of rotatable bonds is 4. The van der Waals surface area contributed by atoms with Gasteiger partial charge < -0.3 is 15.0 Å². The van der Waals surface area contributed by atoms with Gasteiger partial charge in [0.15, 0.2) is 0 Å². The van der Waals surface area contributed by atoms with Crippen molar-refractivity contribution in [1.82, 2.24) is 20.2 Å². The second kappa shape index (κ2) is 7.59. The molecule has 1 aliphatic rings. The summed E-state index contributed by atoms with van der Waals surface area (Å²) in [7, 11) is 0. The first-order valence-corrected chi connectivity index (χ1v) is 8.07. The van der Waals surface area contributed by atoms with Crippen molar-refractivity contribution < 1.29 is 9.53 Å². The third kappa shape index (κ3) is 6.02. The number of aromatic nitrogens is 2. The van der Waals surface area contributed by atoms with Gasteiger partial charge in [0, 0.05) is 51.2 Å². The highest BCUT2D eigenvalue weighted by molar-refractivity contribution is 5.68. The smallest absolute Gasteiger partial charge is 0.407 e. The summed E-state index contributed by atoms with van der Waals surface area (Å²) in [4.78, 5) is 24.9. The van der Waals surface area contributed by atoms with Gasteiger partial charge in [-0.15, -0.1) is 0 Å². The molecule has 0 unspecified atom stereocenters. The molecule has 1 aromatic heterocycles. The maximum atomic E-state index is 11.8. The molecule has 1 aliphatic heterocycles. The Bertz CT molecular complexity index is 495. The Morgan fingerprint density at radius 1 is 1.26 bits per heavy atom. The Hall–Kier alpha value is -1.89. The second-order valence-corrected chi connectivity index (χ2v) is 6.88. The van der Waals surface area contributed by atoms with Gasteiger partial charge in [-0.1, -0.05) is 0 Å². The minimum atomic E-state index is -0.467. The highest BCUT2D eigenvalue weighted by Crippen LogP contribution is 2.10. The SMILES string of the molecule is C[C@@H](CN1CCN(c2ncccn2)CC1)NC(=O)OC(C)(C)C. The highest BCUT2D eigenvalue weighted by Gasteiger charge is 2.22. The number of amides is 1. The number of carbonyl (C=O) groups excluding carboxylic acids is 1. The fourth-order valence-electron chi connectivity index (χ4n) is 2.53. The van der Waals surface area contributed by atoms with Gasteiger partial charge >= 0.3 is 6.09 Å². The summed E-state index contributed by atoms with van der Waals surface area (Å²) in [6, 6.07) is 1.87. The lowest BCUT2D eigenvalue weighted by Gasteiger charge is -2.36. The lowest BCUT2D eigenvalue weighted by atomic mass is 10.2. The molecule has 0 bridgehead atoms. The van der Waals surface area contributed by atoms with Gasteiger partial charge in [0.25, 0.3) is 0 Å². The zero-order valence-corrected chi connectivity index (χ0v) is 14.5. The molecule has 7 heteroatoms. The summed E-state index contributed by atoms with van der Waals surface area (Å²) in [5.74, 6) is 0.784. The number of ether oxygens (including phenoxy) is 1. The van der Waals surface area contributed by atoms with Gasteiger partial charge in [-0.2, -0.15) is 0 Å². The molecule has 2 rings (SSSR count). The van der Waals surface area contributed by atoms with Gasteiger partial charge in [-0.3, -0.25) is 4.90 Å². The second-order valence-electron chi connectivity index (χ2n) is 6.88. The molecule has 1 amide bonds. The van der Waals surface area contributed by atoms with E-state index in [2.05, 4.69) is 25.1 Å². The van der Waals surface area contributed by atoms with E-state index in [1.165, 1.54) is 0 Å². The summed E-state index contributed by atoms with van der Waals surface area (Å²) in [6.07, 6.45) is 3.17. The molecule has 0 aliphatic carbocycles. The van der Waals surface area contributed by atoms with Crippen molar-refractivity contribution >= 4 is 12.0 Å². The minimum Gasteiger partial charge on any atom is -0.444 e. The van der Waals surface area contributed by atoms with Crippen molar-refractivity contribution in [2.24, 2.45) is 0 Å². The molecular formula is C16H27N5O2. The Balaban J connectivity index is 1.72. The molecule has 0 spiro atoms. The maximum absolute atomic E-state index is 11.8. The van der Waals surface area contributed by atoms with Crippen molar-refractivity contribution in [3.05, 3.63) is 18.5 Å². The van der Waals surface area contributed by atoms with Gasteiger partial charge in [0.1, 0.15) is 5.60 Å². The van der Waals surface area contributed by atoms with Crippen LogP contribution in [0.5, 0.6) is 0 Å². The number of hydrogen-bond acceptors (Lipinski definition) is 6. The largest absolute Gasteiger partial charge is 0.444 e. The number of anilines is 1. The van der Waals surface area contributed by atoms with Crippen LogP contribution in [-0.4, -0.2) is 65.3 Å². The lowest BCUT2D eigenvalue weighted by molar-refractivity contribution is 0.0496. The van der Waals surface area contributed by atoms with Crippen LogP contribution in [-0.2, 0) is 4.74 Å². The van der Waals surface area contributed by atoms with E-state index in [1.807, 2.05) is 33.8 Å². The van der Waals surface area contributed by atoms with E-state index in [0.717, 1.165) is 38.7 Å². The minimum absolute atomic E-state index is 0.0457. The molecule has 1 atom stereocenters. The monoisotopic (exact) mass is 321 g/mol. The van der Waals surface area contributed by atoms with Crippen molar-refractivity contribution in [2.75, 3.05) is 37.6 Å². The number of piperazine rings is 1. The van der Waals surface area contributed by atoms with Crippen molar-refractivity contribution in [2.45, 2.75) is 39.3 Å². The quantitative estimate of drug-likeness (QED) is 0.906. The molecule has 1 saturated heterocycles. The zero-order chi connectivity index (χ0) is 16.9. The number of nitrogens with one attached hydrogen (secondary N) is 1. The average Bonchev–Trinajstić information content (AvgIpc) is 2.46. The first kappa shape index (κ1) is 17.5. The lowest BCUT2D eigenvalue weighted by Crippen LogP contribution is -2.51. The number of hydrogen-bond donors (Lipinski definition) is 1. The maximum Gasteiger partial charge on any atom is 0.407 e. The van der Waals surface area contributed by atoms with Crippen molar-refractivity contribution in [3.8, 4) is 0 Å². The van der Waals surface area contributed by atoms with E-state index in [0.29, 0.717) is 0 Å². The van der Waals surface area contributed by atoms with Gasteiger partial charge in [0.05, 0.1) is 0 Å². The van der Waals surface area contributed by atoms with E-state index >= 15 is 0 Å². The molecule has 1 aromatic rings. The molecule has 1 fully saturated rings. The third-order valence-corrected chi connectivity index (χ3v) is 3.50.